The fraction of sp³-hybridized carbons (Fsp3) is 0.294. The van der Waals surface area contributed by atoms with Crippen LogP contribution in [0.4, 0.5) is 11.5 Å². The van der Waals surface area contributed by atoms with E-state index in [4.69, 9.17) is 23.2 Å². The fourth-order valence-electron chi connectivity index (χ4n) is 2.66. The zero-order chi connectivity index (χ0) is 18.7. The average molecular weight is 394 g/mol. The molecule has 2 amide bonds. The molecule has 2 heterocycles. The molecule has 1 saturated heterocycles. The molecule has 1 aromatic carbocycles. The van der Waals surface area contributed by atoms with Crippen LogP contribution in [0.5, 0.6) is 0 Å². The van der Waals surface area contributed by atoms with Crippen molar-refractivity contribution in [1.29, 1.82) is 0 Å². The lowest BCUT2D eigenvalue weighted by atomic mass is 10.2. The second-order valence-corrected chi connectivity index (χ2v) is 6.71. The van der Waals surface area contributed by atoms with Crippen LogP contribution in [0.15, 0.2) is 24.3 Å². The van der Waals surface area contributed by atoms with Crippen molar-refractivity contribution in [2.24, 2.45) is 0 Å². The van der Waals surface area contributed by atoms with E-state index in [2.05, 4.69) is 15.3 Å². The average Bonchev–Trinajstić information content (AvgIpc) is 2.63. The second kappa shape index (κ2) is 7.88. The fourth-order valence-corrected chi connectivity index (χ4v) is 3.12. The number of carbonyl (C=O) groups excluding carboxylic acids is 2. The maximum atomic E-state index is 12.6. The van der Waals surface area contributed by atoms with E-state index >= 15 is 0 Å². The number of halogens is 2. The van der Waals surface area contributed by atoms with Crippen molar-refractivity contribution >= 4 is 47.0 Å². The molecule has 0 radical (unpaired) electrons. The second-order valence-electron chi connectivity index (χ2n) is 5.87. The van der Waals surface area contributed by atoms with Gasteiger partial charge in [-0.05, 0) is 25.1 Å². The van der Waals surface area contributed by atoms with Gasteiger partial charge in [0.2, 0.25) is 6.41 Å². The highest BCUT2D eigenvalue weighted by atomic mass is 35.5. The van der Waals surface area contributed by atoms with Crippen LogP contribution in [-0.2, 0) is 4.79 Å². The van der Waals surface area contributed by atoms with Crippen molar-refractivity contribution in [3.63, 3.8) is 0 Å². The molecule has 26 heavy (non-hydrogen) atoms. The molecule has 1 aliphatic heterocycles. The van der Waals surface area contributed by atoms with Gasteiger partial charge < -0.3 is 15.1 Å². The Labute approximate surface area is 160 Å². The minimum atomic E-state index is -0.382. The first-order valence-corrected chi connectivity index (χ1v) is 8.78. The monoisotopic (exact) mass is 393 g/mol. The Morgan fingerprint density at radius 3 is 2.54 bits per heavy atom. The number of piperazine rings is 1. The number of anilines is 2. The number of amides is 2. The summed E-state index contributed by atoms with van der Waals surface area (Å²) < 4.78 is 0. The van der Waals surface area contributed by atoms with Crippen LogP contribution in [0.3, 0.4) is 0 Å². The zero-order valence-corrected chi connectivity index (χ0v) is 15.6. The molecular formula is C17H17Cl2N5O2. The Kier molecular flexibility index (Phi) is 5.58. The number of nitrogens with zero attached hydrogens (tertiary/aromatic N) is 4. The maximum Gasteiger partial charge on any atom is 0.274 e. The summed E-state index contributed by atoms with van der Waals surface area (Å²) in [7, 11) is 0. The van der Waals surface area contributed by atoms with Crippen molar-refractivity contribution in [3.8, 4) is 0 Å². The molecule has 0 atom stereocenters. The Hall–Kier alpha value is -2.38. The quantitative estimate of drug-likeness (QED) is 0.807. The summed E-state index contributed by atoms with van der Waals surface area (Å²) >= 11 is 12.0. The molecular weight excluding hydrogens is 377 g/mol. The maximum absolute atomic E-state index is 12.6. The highest BCUT2D eigenvalue weighted by molar-refractivity contribution is 6.36. The smallest absolute Gasteiger partial charge is 0.274 e. The number of aryl methyl sites for hydroxylation is 1. The van der Waals surface area contributed by atoms with Crippen molar-refractivity contribution in [1.82, 2.24) is 14.9 Å². The molecule has 7 nitrogen and oxygen atoms in total. The van der Waals surface area contributed by atoms with Gasteiger partial charge in [0.15, 0.2) is 0 Å². The first-order chi connectivity index (χ1) is 12.5. The summed E-state index contributed by atoms with van der Waals surface area (Å²) in [6.07, 6.45) is 0.845. The van der Waals surface area contributed by atoms with E-state index in [1.807, 2.05) is 4.90 Å². The van der Waals surface area contributed by atoms with Gasteiger partial charge in [0.25, 0.3) is 5.91 Å². The van der Waals surface area contributed by atoms with Gasteiger partial charge >= 0.3 is 0 Å². The van der Waals surface area contributed by atoms with Crippen molar-refractivity contribution in [2.75, 3.05) is 36.4 Å². The van der Waals surface area contributed by atoms with Crippen LogP contribution >= 0.6 is 23.2 Å². The number of carbonyl (C=O) groups is 2. The predicted molar refractivity (Wildman–Crippen MR) is 101 cm³/mol. The van der Waals surface area contributed by atoms with E-state index < -0.39 is 0 Å². The number of hydrogen-bond donors (Lipinski definition) is 1. The summed E-state index contributed by atoms with van der Waals surface area (Å²) in [6, 6.07) is 6.48. The topological polar surface area (TPSA) is 78.4 Å². The van der Waals surface area contributed by atoms with E-state index in [1.54, 1.807) is 36.1 Å². The van der Waals surface area contributed by atoms with Gasteiger partial charge in [-0.25, -0.2) is 9.97 Å². The number of rotatable bonds is 4. The molecule has 0 unspecified atom stereocenters. The van der Waals surface area contributed by atoms with Gasteiger partial charge in [0.05, 0.1) is 10.7 Å². The molecule has 9 heteroatoms. The number of aromatic nitrogens is 2. The van der Waals surface area contributed by atoms with Crippen molar-refractivity contribution in [3.05, 3.63) is 45.8 Å². The largest absolute Gasteiger partial charge is 0.353 e. The van der Waals surface area contributed by atoms with E-state index in [9.17, 15) is 9.59 Å². The number of hydrogen-bond acceptors (Lipinski definition) is 5. The van der Waals surface area contributed by atoms with Crippen LogP contribution in [-0.4, -0.2) is 53.4 Å². The normalized spacial score (nSPS) is 14.3. The summed E-state index contributed by atoms with van der Waals surface area (Å²) in [5, 5.41) is 3.57. The highest BCUT2D eigenvalue weighted by Crippen LogP contribution is 2.26. The van der Waals surface area contributed by atoms with Crippen LogP contribution in [0, 0.1) is 6.92 Å². The number of benzene rings is 1. The molecule has 136 valence electrons. The molecule has 0 spiro atoms. The van der Waals surface area contributed by atoms with Gasteiger partial charge in [-0.15, -0.1) is 0 Å². The molecule has 3 rings (SSSR count). The molecule has 0 saturated carbocycles. The third-order valence-corrected chi connectivity index (χ3v) is 4.57. The zero-order valence-electron chi connectivity index (χ0n) is 14.1. The molecule has 0 aliphatic carbocycles. The Balaban J connectivity index is 1.78. The van der Waals surface area contributed by atoms with Crippen LogP contribution in [0.25, 0.3) is 0 Å². The van der Waals surface area contributed by atoms with E-state index in [0.717, 1.165) is 6.41 Å². The Morgan fingerprint density at radius 1 is 1.15 bits per heavy atom. The molecule has 0 bridgehead atoms. The third kappa shape index (κ3) is 4.23. The molecule has 1 aromatic heterocycles. The lowest BCUT2D eigenvalue weighted by Crippen LogP contribution is -2.46. The summed E-state index contributed by atoms with van der Waals surface area (Å²) in [6.45, 7) is 4.28. The van der Waals surface area contributed by atoms with Gasteiger partial charge in [-0.2, -0.15) is 0 Å². The van der Waals surface area contributed by atoms with Crippen molar-refractivity contribution in [2.45, 2.75) is 6.92 Å². The first-order valence-electron chi connectivity index (χ1n) is 8.02. The number of nitrogens with one attached hydrogen (secondary N) is 1. The lowest BCUT2D eigenvalue weighted by molar-refractivity contribution is -0.118. The standard InChI is InChI=1S/C17H17Cl2N5O2/c1-11-20-15(17(26)22-14-3-2-12(18)8-13(14)19)9-16(21-11)24-6-4-23(10-25)5-7-24/h2-3,8-10H,4-7H2,1H3,(H,22,26). The van der Waals surface area contributed by atoms with Crippen LogP contribution < -0.4 is 10.2 Å². The SMILES string of the molecule is Cc1nc(C(=O)Nc2ccc(Cl)cc2Cl)cc(N2CCN(C=O)CC2)n1. The molecule has 1 aliphatic rings. The minimum absolute atomic E-state index is 0.247. The lowest BCUT2D eigenvalue weighted by Gasteiger charge is -2.33. The van der Waals surface area contributed by atoms with Crippen LogP contribution in [0.2, 0.25) is 10.0 Å². The summed E-state index contributed by atoms with van der Waals surface area (Å²) in [5.41, 5.74) is 0.704. The Morgan fingerprint density at radius 2 is 1.88 bits per heavy atom. The van der Waals surface area contributed by atoms with Crippen LogP contribution in [0.1, 0.15) is 16.3 Å². The third-order valence-electron chi connectivity index (χ3n) is 4.02. The van der Waals surface area contributed by atoms with Gasteiger partial charge in [0.1, 0.15) is 17.3 Å². The Bertz CT molecular complexity index is 838. The van der Waals surface area contributed by atoms with Crippen molar-refractivity contribution < 1.29 is 9.59 Å². The summed E-state index contributed by atoms with van der Waals surface area (Å²) in [5.74, 6) is 0.774. The van der Waals surface area contributed by atoms with Gasteiger partial charge in [-0.3, -0.25) is 9.59 Å². The minimum Gasteiger partial charge on any atom is -0.353 e. The summed E-state index contributed by atoms with van der Waals surface area (Å²) in [4.78, 5) is 35.8. The molecule has 1 N–H and O–H groups in total. The van der Waals surface area contributed by atoms with Gasteiger partial charge in [0, 0.05) is 37.3 Å². The van der Waals surface area contributed by atoms with E-state index in [-0.39, 0.29) is 11.6 Å². The highest BCUT2D eigenvalue weighted by Gasteiger charge is 2.19. The first kappa shape index (κ1) is 18.4. The van der Waals surface area contributed by atoms with Gasteiger partial charge in [-0.1, -0.05) is 23.2 Å². The predicted octanol–water partition coefficient (Wildman–Crippen LogP) is 2.62. The van der Waals surface area contributed by atoms with E-state index in [0.29, 0.717) is 53.6 Å². The van der Waals surface area contributed by atoms with E-state index in [1.165, 1.54) is 0 Å². The molecule has 1 fully saturated rings. The molecule has 2 aromatic rings.